The average molecular weight is 460 g/mol. The van der Waals surface area contributed by atoms with E-state index in [2.05, 4.69) is 5.32 Å². The number of nitrogens with one attached hydrogen (secondary N) is 1. The zero-order valence-corrected chi connectivity index (χ0v) is 19.0. The maximum absolute atomic E-state index is 12.9. The number of para-hydroxylation sites is 2. The lowest BCUT2D eigenvalue weighted by Gasteiger charge is -2.26. The summed E-state index contributed by atoms with van der Waals surface area (Å²) in [5, 5.41) is 8.66. The van der Waals surface area contributed by atoms with Gasteiger partial charge in [-0.05, 0) is 30.3 Å². The van der Waals surface area contributed by atoms with E-state index in [1.807, 2.05) is 72.8 Å². The topological polar surface area (TPSA) is 65.4 Å². The minimum absolute atomic E-state index is 0.0860. The number of fused-ring (bicyclic) bond motifs is 1. The van der Waals surface area contributed by atoms with Crippen LogP contribution in [0.2, 0.25) is 5.02 Å². The fourth-order valence-electron chi connectivity index (χ4n) is 4.38. The predicted octanol–water partition coefficient (Wildman–Crippen LogP) is 5.68. The number of carbonyl (C=O) groups is 1. The SMILES string of the molecule is COc1cccc([C@H]2CC(=O)Nc3c2c(-c2ccc(Cl)cc2)nn3-c2ccccc2)c1OC. The van der Waals surface area contributed by atoms with E-state index < -0.39 is 0 Å². The standard InChI is InChI=1S/C26H22ClN3O3/c1-32-21-10-6-9-19(25(21)33-2)20-15-22(31)28-26-23(20)24(16-11-13-17(27)14-12-16)29-30(26)18-7-4-3-5-8-18/h3-14,20H,15H2,1-2H3,(H,28,31)/t20-/m1/s1. The van der Waals surface area contributed by atoms with Gasteiger partial charge >= 0.3 is 0 Å². The van der Waals surface area contributed by atoms with Crippen molar-refractivity contribution < 1.29 is 14.3 Å². The number of nitrogens with zero attached hydrogens (tertiary/aromatic N) is 2. The Morgan fingerprint density at radius 3 is 2.42 bits per heavy atom. The van der Waals surface area contributed by atoms with Gasteiger partial charge in [-0.25, -0.2) is 4.68 Å². The van der Waals surface area contributed by atoms with Crippen molar-refractivity contribution in [2.45, 2.75) is 12.3 Å². The molecule has 0 fully saturated rings. The number of halogens is 1. The number of anilines is 1. The highest BCUT2D eigenvalue weighted by molar-refractivity contribution is 6.30. The molecule has 1 N–H and O–H groups in total. The molecule has 1 aromatic heterocycles. The van der Waals surface area contributed by atoms with Crippen molar-refractivity contribution in [3.63, 3.8) is 0 Å². The molecule has 0 bridgehead atoms. The lowest BCUT2D eigenvalue weighted by molar-refractivity contribution is -0.116. The van der Waals surface area contributed by atoms with Crippen LogP contribution >= 0.6 is 11.6 Å². The Morgan fingerprint density at radius 1 is 0.970 bits per heavy atom. The summed E-state index contributed by atoms with van der Waals surface area (Å²) >= 11 is 6.15. The van der Waals surface area contributed by atoms with Gasteiger partial charge in [-0.15, -0.1) is 0 Å². The van der Waals surface area contributed by atoms with Crippen LogP contribution < -0.4 is 14.8 Å². The summed E-state index contributed by atoms with van der Waals surface area (Å²) in [5.74, 6) is 1.52. The number of hydrogen-bond donors (Lipinski definition) is 1. The lowest BCUT2D eigenvalue weighted by atomic mass is 9.83. The Balaban J connectivity index is 1.79. The number of rotatable bonds is 5. The third-order valence-electron chi connectivity index (χ3n) is 5.85. The van der Waals surface area contributed by atoms with Gasteiger partial charge in [-0.2, -0.15) is 5.10 Å². The highest BCUT2D eigenvalue weighted by Crippen LogP contribution is 2.48. The molecule has 1 aliphatic heterocycles. The fraction of sp³-hybridized carbons (Fsp3) is 0.154. The fourth-order valence-corrected chi connectivity index (χ4v) is 4.51. The average Bonchev–Trinajstić information content (AvgIpc) is 3.23. The minimum Gasteiger partial charge on any atom is -0.493 e. The third-order valence-corrected chi connectivity index (χ3v) is 6.10. The number of hydrogen-bond acceptors (Lipinski definition) is 4. The molecular weight excluding hydrogens is 438 g/mol. The molecule has 0 unspecified atom stereocenters. The molecular formula is C26H22ClN3O3. The van der Waals surface area contributed by atoms with Crippen LogP contribution in [0.3, 0.4) is 0 Å². The Morgan fingerprint density at radius 2 is 1.73 bits per heavy atom. The minimum atomic E-state index is -0.276. The number of benzene rings is 3. The molecule has 7 heteroatoms. The first-order chi connectivity index (χ1) is 16.1. The zero-order valence-electron chi connectivity index (χ0n) is 18.2. The number of ether oxygens (including phenoxy) is 2. The van der Waals surface area contributed by atoms with Gasteiger partial charge in [-0.1, -0.05) is 54.1 Å². The Hall–Kier alpha value is -3.77. The van der Waals surface area contributed by atoms with Crippen molar-refractivity contribution in [3.8, 4) is 28.4 Å². The van der Waals surface area contributed by atoms with E-state index in [0.29, 0.717) is 22.3 Å². The molecule has 33 heavy (non-hydrogen) atoms. The van der Waals surface area contributed by atoms with Crippen LogP contribution in [0.5, 0.6) is 11.5 Å². The molecule has 0 saturated heterocycles. The molecule has 1 amide bonds. The van der Waals surface area contributed by atoms with Gasteiger partial charge in [0.05, 0.1) is 25.6 Å². The maximum Gasteiger partial charge on any atom is 0.226 e. The molecule has 6 nitrogen and oxygen atoms in total. The van der Waals surface area contributed by atoms with Crippen LogP contribution in [-0.2, 0) is 4.79 Å². The lowest BCUT2D eigenvalue weighted by Crippen LogP contribution is -2.25. The monoisotopic (exact) mass is 459 g/mol. The first-order valence-corrected chi connectivity index (χ1v) is 10.9. The summed E-state index contributed by atoms with van der Waals surface area (Å²) in [6, 6.07) is 23.0. The molecule has 4 aromatic rings. The third kappa shape index (κ3) is 3.72. The van der Waals surface area contributed by atoms with Crippen LogP contribution in [0.4, 0.5) is 5.82 Å². The van der Waals surface area contributed by atoms with Gasteiger partial charge < -0.3 is 14.8 Å². The van der Waals surface area contributed by atoms with Gasteiger partial charge in [-0.3, -0.25) is 4.79 Å². The summed E-state index contributed by atoms with van der Waals surface area (Å²) in [5.41, 5.74) is 4.34. The van der Waals surface area contributed by atoms with Crippen molar-refractivity contribution in [2.75, 3.05) is 19.5 Å². The van der Waals surface area contributed by atoms with Gasteiger partial charge in [0.1, 0.15) is 5.82 Å². The number of carbonyl (C=O) groups excluding carboxylic acids is 1. The highest BCUT2D eigenvalue weighted by Gasteiger charge is 2.36. The van der Waals surface area contributed by atoms with E-state index in [9.17, 15) is 4.79 Å². The largest absolute Gasteiger partial charge is 0.493 e. The van der Waals surface area contributed by atoms with Crippen molar-refractivity contribution in [3.05, 3.63) is 88.9 Å². The van der Waals surface area contributed by atoms with Crippen molar-refractivity contribution in [2.24, 2.45) is 0 Å². The molecule has 0 saturated carbocycles. The number of methoxy groups -OCH3 is 2. The second-order valence-corrected chi connectivity index (χ2v) is 8.19. The van der Waals surface area contributed by atoms with Crippen LogP contribution in [-0.4, -0.2) is 29.9 Å². The highest BCUT2D eigenvalue weighted by atomic mass is 35.5. The second kappa shape index (κ2) is 8.64. The summed E-state index contributed by atoms with van der Waals surface area (Å²) in [4.78, 5) is 12.9. The molecule has 3 aromatic carbocycles. The van der Waals surface area contributed by atoms with Crippen LogP contribution in [0.1, 0.15) is 23.5 Å². The van der Waals surface area contributed by atoms with E-state index in [-0.39, 0.29) is 18.2 Å². The summed E-state index contributed by atoms with van der Waals surface area (Å²) in [7, 11) is 3.21. The molecule has 5 rings (SSSR count). The van der Waals surface area contributed by atoms with Gasteiger partial charge in [0.15, 0.2) is 11.5 Å². The zero-order chi connectivity index (χ0) is 22.9. The molecule has 2 heterocycles. The maximum atomic E-state index is 12.9. The Bertz CT molecular complexity index is 1320. The van der Waals surface area contributed by atoms with Crippen molar-refractivity contribution >= 4 is 23.3 Å². The van der Waals surface area contributed by atoms with Crippen molar-refractivity contribution in [1.82, 2.24) is 9.78 Å². The number of amides is 1. The molecule has 1 atom stereocenters. The summed E-state index contributed by atoms with van der Waals surface area (Å²) < 4.78 is 13.0. The first kappa shape index (κ1) is 21.1. The van der Waals surface area contributed by atoms with Crippen LogP contribution in [0, 0.1) is 0 Å². The van der Waals surface area contributed by atoms with E-state index >= 15 is 0 Å². The molecule has 0 spiro atoms. The van der Waals surface area contributed by atoms with Gasteiger partial charge in [0.2, 0.25) is 5.91 Å². The van der Waals surface area contributed by atoms with Crippen LogP contribution in [0.25, 0.3) is 16.9 Å². The first-order valence-electron chi connectivity index (χ1n) is 10.6. The van der Waals surface area contributed by atoms with E-state index in [1.54, 1.807) is 18.9 Å². The van der Waals surface area contributed by atoms with E-state index in [0.717, 1.165) is 28.1 Å². The van der Waals surface area contributed by atoms with E-state index in [1.165, 1.54) is 0 Å². The molecule has 166 valence electrons. The van der Waals surface area contributed by atoms with Gasteiger partial charge in [0, 0.05) is 34.1 Å². The predicted molar refractivity (Wildman–Crippen MR) is 129 cm³/mol. The Kier molecular flexibility index (Phi) is 5.52. The van der Waals surface area contributed by atoms with E-state index in [4.69, 9.17) is 26.2 Å². The molecule has 0 aliphatic carbocycles. The second-order valence-electron chi connectivity index (χ2n) is 7.75. The number of aromatic nitrogens is 2. The molecule has 0 radical (unpaired) electrons. The Labute approximate surface area is 196 Å². The van der Waals surface area contributed by atoms with Crippen LogP contribution in [0.15, 0.2) is 72.8 Å². The quantitative estimate of drug-likeness (QED) is 0.416. The summed E-state index contributed by atoms with van der Waals surface area (Å²) in [6.45, 7) is 0. The molecule has 1 aliphatic rings. The summed E-state index contributed by atoms with van der Waals surface area (Å²) in [6.07, 6.45) is 0.262. The van der Waals surface area contributed by atoms with Gasteiger partial charge in [0.25, 0.3) is 0 Å². The normalized spacial score (nSPS) is 15.0. The van der Waals surface area contributed by atoms with Crippen molar-refractivity contribution in [1.29, 1.82) is 0 Å². The smallest absolute Gasteiger partial charge is 0.226 e.